The fourth-order valence-electron chi connectivity index (χ4n) is 8.37. The molecule has 4 atom stereocenters. The van der Waals surface area contributed by atoms with Crippen LogP contribution in [0.25, 0.3) is 32.8 Å². The molecule has 230 valence electrons. The van der Waals surface area contributed by atoms with Crippen LogP contribution in [0.1, 0.15) is 44.6 Å². The van der Waals surface area contributed by atoms with Gasteiger partial charge in [-0.2, -0.15) is 9.97 Å². The smallest absolute Gasteiger partial charge is 0.319 e. The molecule has 10 heteroatoms. The number of anilines is 1. The van der Waals surface area contributed by atoms with Crippen LogP contribution in [0.5, 0.6) is 11.8 Å². The van der Waals surface area contributed by atoms with Gasteiger partial charge in [0.1, 0.15) is 29.9 Å². The normalized spacial score (nSPS) is 28.3. The second kappa shape index (κ2) is 10.6. The summed E-state index contributed by atoms with van der Waals surface area (Å²) in [6.45, 7) is 3.56. The van der Waals surface area contributed by atoms with E-state index in [-0.39, 0.29) is 36.0 Å². The SMILES string of the molecule is CCc1cccc2cc(O)cc(-c3ccc4c(N5C6CCC5CS(=O)C6)nc(OC[C@@]56CCCN5C[C@H](F)C6)nc4c3F)c12. The molecule has 3 aromatic carbocycles. The average Bonchev–Trinajstić information content (AvgIpc) is 3.62. The molecule has 1 N–H and O–H groups in total. The first-order valence-corrected chi connectivity index (χ1v) is 17.2. The van der Waals surface area contributed by atoms with Gasteiger partial charge in [0.2, 0.25) is 0 Å². The molecule has 0 saturated carbocycles. The van der Waals surface area contributed by atoms with Crippen LogP contribution in [0.15, 0.2) is 42.5 Å². The van der Waals surface area contributed by atoms with Crippen molar-refractivity contribution in [3.8, 4) is 22.9 Å². The van der Waals surface area contributed by atoms with Crippen LogP contribution in [0.3, 0.4) is 0 Å². The summed E-state index contributed by atoms with van der Waals surface area (Å²) in [5, 5.41) is 12.9. The number of nitrogens with zero attached hydrogens (tertiary/aromatic N) is 4. The van der Waals surface area contributed by atoms with E-state index in [1.165, 1.54) is 0 Å². The third-order valence-corrected chi connectivity index (χ3v) is 11.9. The maximum atomic E-state index is 16.9. The van der Waals surface area contributed by atoms with Gasteiger partial charge in [0.15, 0.2) is 5.82 Å². The molecule has 4 aromatic rings. The summed E-state index contributed by atoms with van der Waals surface area (Å²) < 4.78 is 50.2. The highest BCUT2D eigenvalue weighted by molar-refractivity contribution is 7.85. The van der Waals surface area contributed by atoms with Crippen molar-refractivity contribution in [2.45, 2.75) is 69.2 Å². The molecule has 4 saturated heterocycles. The lowest BCUT2D eigenvalue weighted by Crippen LogP contribution is -2.47. The minimum atomic E-state index is -0.891. The Morgan fingerprint density at radius 3 is 2.73 bits per heavy atom. The molecule has 0 radical (unpaired) electrons. The molecule has 4 aliphatic heterocycles. The molecule has 4 aliphatic rings. The fourth-order valence-corrected chi connectivity index (χ4v) is 10.0. The maximum Gasteiger partial charge on any atom is 0.319 e. The molecule has 7 nitrogen and oxygen atoms in total. The van der Waals surface area contributed by atoms with Crippen molar-refractivity contribution >= 4 is 38.3 Å². The van der Waals surface area contributed by atoms with E-state index in [2.05, 4.69) is 21.7 Å². The van der Waals surface area contributed by atoms with Crippen LogP contribution >= 0.6 is 0 Å². The maximum absolute atomic E-state index is 16.9. The fraction of sp³-hybridized carbons (Fsp3) is 0.471. The third-order valence-electron chi connectivity index (χ3n) is 10.3. The van der Waals surface area contributed by atoms with Crippen molar-refractivity contribution in [1.29, 1.82) is 0 Å². The van der Waals surface area contributed by atoms with Crippen molar-refractivity contribution in [3.63, 3.8) is 0 Å². The third kappa shape index (κ3) is 4.47. The number of hydrogen-bond donors (Lipinski definition) is 1. The zero-order valence-corrected chi connectivity index (χ0v) is 25.6. The summed E-state index contributed by atoms with van der Waals surface area (Å²) in [5.41, 5.74) is 1.76. The minimum absolute atomic E-state index is 0.0523. The Balaban J connectivity index is 1.28. The Bertz CT molecular complexity index is 1810. The highest BCUT2D eigenvalue weighted by atomic mass is 32.2. The predicted octanol–water partition coefficient (Wildman–Crippen LogP) is 5.91. The van der Waals surface area contributed by atoms with Gasteiger partial charge in [-0.3, -0.25) is 9.11 Å². The standard InChI is InChI=1S/C34H36F2N4O3S/c1-2-20-5-3-6-21-13-25(41)14-28(29(20)21)26-9-10-27-31(30(26)36)37-33(43-19-34-11-4-12-39(34)16-22(35)15-34)38-32(27)40-23-7-8-24(40)18-44(42)17-23/h3,5-6,9-10,13-14,22-24,41H,2,4,7-8,11-12,15-19H2,1H3/t22-,23?,24?,34+,44?/m1/s1. The largest absolute Gasteiger partial charge is 0.508 e. The van der Waals surface area contributed by atoms with E-state index in [1.807, 2.05) is 24.3 Å². The number of aryl methyl sites for hydroxylation is 1. The summed E-state index contributed by atoms with van der Waals surface area (Å²) >= 11 is 0. The van der Waals surface area contributed by atoms with Crippen LogP contribution in [-0.2, 0) is 17.2 Å². The monoisotopic (exact) mass is 618 g/mol. The van der Waals surface area contributed by atoms with Gasteiger partial charge in [0.05, 0.1) is 5.54 Å². The minimum Gasteiger partial charge on any atom is -0.508 e. The number of aromatic nitrogens is 2. The van der Waals surface area contributed by atoms with Crippen LogP contribution in [0.2, 0.25) is 0 Å². The number of benzene rings is 3. The van der Waals surface area contributed by atoms with Crippen molar-refractivity contribution in [3.05, 3.63) is 53.8 Å². The number of rotatable bonds is 6. The van der Waals surface area contributed by atoms with E-state index in [1.54, 1.807) is 18.2 Å². The van der Waals surface area contributed by atoms with Gasteiger partial charge in [-0.1, -0.05) is 31.2 Å². The number of phenolic OH excluding ortho intramolecular Hbond substituents is 1. The van der Waals surface area contributed by atoms with E-state index in [4.69, 9.17) is 9.72 Å². The lowest BCUT2D eigenvalue weighted by Gasteiger charge is -2.36. The van der Waals surface area contributed by atoms with Crippen molar-refractivity contribution < 1.29 is 22.8 Å². The first kappa shape index (κ1) is 28.1. The van der Waals surface area contributed by atoms with Crippen LogP contribution < -0.4 is 9.64 Å². The molecule has 2 unspecified atom stereocenters. The van der Waals surface area contributed by atoms with Crippen molar-refractivity contribution in [1.82, 2.24) is 14.9 Å². The highest BCUT2D eigenvalue weighted by Crippen LogP contribution is 2.44. The first-order chi connectivity index (χ1) is 21.3. The quantitative estimate of drug-likeness (QED) is 0.288. The molecule has 0 aliphatic carbocycles. The van der Waals surface area contributed by atoms with E-state index in [0.717, 1.165) is 55.0 Å². The molecule has 0 amide bonds. The Hall–Kier alpha value is -3.37. The zero-order valence-electron chi connectivity index (χ0n) is 24.8. The van der Waals surface area contributed by atoms with Gasteiger partial charge in [-0.25, -0.2) is 8.78 Å². The number of hydrogen-bond acceptors (Lipinski definition) is 7. The lowest BCUT2D eigenvalue weighted by molar-refractivity contribution is 0.107. The molecule has 2 bridgehead atoms. The van der Waals surface area contributed by atoms with Gasteiger partial charge in [0, 0.05) is 58.3 Å². The molecular weight excluding hydrogens is 582 g/mol. The predicted molar refractivity (Wildman–Crippen MR) is 169 cm³/mol. The lowest BCUT2D eigenvalue weighted by atomic mass is 9.92. The molecule has 8 rings (SSSR count). The van der Waals surface area contributed by atoms with Crippen LogP contribution in [-0.4, -0.2) is 79.2 Å². The summed E-state index contributed by atoms with van der Waals surface area (Å²) in [6, 6.07) is 13.0. The van der Waals surface area contributed by atoms with Gasteiger partial charge >= 0.3 is 6.01 Å². The summed E-state index contributed by atoms with van der Waals surface area (Å²) in [5.74, 6) is 1.28. The summed E-state index contributed by atoms with van der Waals surface area (Å²) in [7, 11) is -0.891. The molecule has 0 spiro atoms. The van der Waals surface area contributed by atoms with Crippen molar-refractivity contribution in [2.24, 2.45) is 0 Å². The zero-order chi connectivity index (χ0) is 30.2. The van der Waals surface area contributed by atoms with E-state index < -0.39 is 28.3 Å². The van der Waals surface area contributed by atoms with E-state index in [0.29, 0.717) is 46.8 Å². The molecule has 1 aromatic heterocycles. The van der Waals surface area contributed by atoms with Gasteiger partial charge in [-0.15, -0.1) is 0 Å². The van der Waals surface area contributed by atoms with E-state index >= 15 is 4.39 Å². The Morgan fingerprint density at radius 2 is 1.93 bits per heavy atom. The average molecular weight is 619 g/mol. The van der Waals surface area contributed by atoms with Crippen LogP contribution in [0.4, 0.5) is 14.6 Å². The topological polar surface area (TPSA) is 78.8 Å². The first-order valence-electron chi connectivity index (χ1n) is 15.7. The van der Waals surface area contributed by atoms with Gasteiger partial charge < -0.3 is 14.7 Å². The second-order valence-corrected chi connectivity index (χ2v) is 14.5. The molecule has 44 heavy (non-hydrogen) atoms. The summed E-state index contributed by atoms with van der Waals surface area (Å²) in [6.07, 6.45) is 3.93. The highest BCUT2D eigenvalue weighted by Gasteiger charge is 2.49. The summed E-state index contributed by atoms with van der Waals surface area (Å²) in [4.78, 5) is 13.9. The molecule has 4 fully saturated rings. The van der Waals surface area contributed by atoms with Crippen LogP contribution in [0, 0.1) is 5.82 Å². The Labute approximate surface area is 257 Å². The number of alkyl halides is 1. The number of ether oxygens (including phenoxy) is 1. The van der Waals surface area contributed by atoms with Gasteiger partial charge in [0.25, 0.3) is 0 Å². The molecular formula is C34H36F2N4O3S. The number of aromatic hydroxyl groups is 1. The Morgan fingerprint density at radius 1 is 1.11 bits per heavy atom. The number of fused-ring (bicyclic) bond motifs is 5. The Kier molecular flexibility index (Phi) is 6.79. The van der Waals surface area contributed by atoms with E-state index in [9.17, 15) is 13.7 Å². The molecule has 5 heterocycles. The number of halogens is 2. The number of phenols is 1. The van der Waals surface area contributed by atoms with Gasteiger partial charge in [-0.05, 0) is 78.7 Å². The second-order valence-electron chi connectivity index (χ2n) is 12.9. The van der Waals surface area contributed by atoms with Crippen molar-refractivity contribution in [2.75, 3.05) is 36.1 Å².